The van der Waals surface area contributed by atoms with Crippen molar-refractivity contribution < 1.29 is 28.5 Å². The van der Waals surface area contributed by atoms with Crippen LogP contribution in [-0.2, 0) is 19.1 Å². The van der Waals surface area contributed by atoms with Crippen molar-refractivity contribution in [2.45, 2.75) is 0 Å². The highest BCUT2D eigenvalue weighted by Gasteiger charge is 2.12. The third-order valence-corrected chi connectivity index (χ3v) is 5.02. The predicted octanol–water partition coefficient (Wildman–Crippen LogP) is 3.39. The number of amides is 1. The molecular formula is C23H25ClN2O6. The summed E-state index contributed by atoms with van der Waals surface area (Å²) in [5.74, 6) is -0.246. The Kier molecular flexibility index (Phi) is 8.35. The lowest BCUT2D eigenvalue weighted by Gasteiger charge is -2.28. The third-order valence-electron chi connectivity index (χ3n) is 4.74. The van der Waals surface area contributed by atoms with Crippen LogP contribution in [0.15, 0.2) is 42.5 Å². The Morgan fingerprint density at radius 1 is 1.12 bits per heavy atom. The lowest BCUT2D eigenvalue weighted by Crippen LogP contribution is -2.36. The molecule has 1 N–H and O–H groups in total. The number of nitrogens with zero attached hydrogens (tertiary/aromatic N) is 1. The smallest absolute Gasteiger partial charge is 0.331 e. The van der Waals surface area contributed by atoms with Gasteiger partial charge >= 0.3 is 5.97 Å². The van der Waals surface area contributed by atoms with E-state index < -0.39 is 18.5 Å². The Balaban J connectivity index is 1.48. The molecule has 0 aliphatic carbocycles. The summed E-state index contributed by atoms with van der Waals surface area (Å²) >= 11 is 6.15. The highest BCUT2D eigenvalue weighted by atomic mass is 35.5. The van der Waals surface area contributed by atoms with Crippen molar-refractivity contribution in [3.05, 3.63) is 53.1 Å². The number of carbonyl (C=O) groups excluding carboxylic acids is 2. The van der Waals surface area contributed by atoms with Crippen molar-refractivity contribution in [3.8, 4) is 11.5 Å². The molecule has 9 heteroatoms. The number of methoxy groups -OCH3 is 2. The largest absolute Gasteiger partial charge is 0.493 e. The van der Waals surface area contributed by atoms with Gasteiger partial charge < -0.3 is 29.2 Å². The minimum absolute atomic E-state index is 0.346. The van der Waals surface area contributed by atoms with Gasteiger partial charge in [-0.3, -0.25) is 4.79 Å². The highest BCUT2D eigenvalue weighted by Crippen LogP contribution is 2.36. The summed E-state index contributed by atoms with van der Waals surface area (Å²) in [6, 6.07) is 10.8. The first-order valence-electron chi connectivity index (χ1n) is 9.99. The van der Waals surface area contributed by atoms with Crippen LogP contribution in [0.4, 0.5) is 11.4 Å². The normalized spacial score (nSPS) is 13.7. The summed E-state index contributed by atoms with van der Waals surface area (Å²) in [6.07, 6.45) is 2.72. The number of hydrogen-bond donors (Lipinski definition) is 1. The highest BCUT2D eigenvalue weighted by molar-refractivity contribution is 6.32. The number of ether oxygens (including phenoxy) is 4. The molecule has 0 atom stereocenters. The third kappa shape index (κ3) is 6.38. The molecule has 0 aromatic heterocycles. The van der Waals surface area contributed by atoms with E-state index in [-0.39, 0.29) is 0 Å². The molecule has 0 spiro atoms. The van der Waals surface area contributed by atoms with Crippen LogP contribution >= 0.6 is 11.6 Å². The van der Waals surface area contributed by atoms with Crippen molar-refractivity contribution in [1.29, 1.82) is 0 Å². The van der Waals surface area contributed by atoms with Gasteiger partial charge in [-0.05, 0) is 48.0 Å². The van der Waals surface area contributed by atoms with Crippen LogP contribution in [0, 0.1) is 0 Å². The lowest BCUT2D eigenvalue weighted by atomic mass is 10.2. The van der Waals surface area contributed by atoms with Gasteiger partial charge in [0.05, 0.1) is 32.5 Å². The number of benzene rings is 2. The quantitative estimate of drug-likeness (QED) is 0.477. The first-order chi connectivity index (χ1) is 15.5. The van der Waals surface area contributed by atoms with Crippen LogP contribution in [-0.4, -0.2) is 59.0 Å². The maximum absolute atomic E-state index is 12.1. The number of hydrogen-bond acceptors (Lipinski definition) is 7. The second-order valence-corrected chi connectivity index (χ2v) is 7.28. The van der Waals surface area contributed by atoms with E-state index >= 15 is 0 Å². The van der Waals surface area contributed by atoms with Crippen LogP contribution in [0.3, 0.4) is 0 Å². The Morgan fingerprint density at radius 3 is 2.50 bits per heavy atom. The minimum Gasteiger partial charge on any atom is -0.493 e. The van der Waals surface area contributed by atoms with E-state index in [1.54, 1.807) is 12.1 Å². The van der Waals surface area contributed by atoms with Crippen LogP contribution in [0.1, 0.15) is 5.56 Å². The summed E-state index contributed by atoms with van der Waals surface area (Å²) < 4.78 is 20.7. The predicted molar refractivity (Wildman–Crippen MR) is 123 cm³/mol. The number of esters is 1. The molecule has 2 aromatic carbocycles. The fourth-order valence-corrected chi connectivity index (χ4v) is 3.45. The van der Waals surface area contributed by atoms with Crippen LogP contribution in [0.5, 0.6) is 11.5 Å². The van der Waals surface area contributed by atoms with Gasteiger partial charge in [0.2, 0.25) is 0 Å². The van der Waals surface area contributed by atoms with E-state index in [4.69, 9.17) is 30.5 Å². The standard InChI is InChI=1S/C23H25ClN2O6/c1-29-20-14-16(13-19(24)23(20)30-2)3-8-22(28)32-15-21(27)25-17-4-6-18(7-5-17)26-9-11-31-12-10-26/h3-8,13-14H,9-12,15H2,1-2H3,(H,25,27)/b8-3+. The zero-order valence-corrected chi connectivity index (χ0v) is 18.7. The summed E-state index contributed by atoms with van der Waals surface area (Å²) in [4.78, 5) is 26.3. The van der Waals surface area contributed by atoms with Gasteiger partial charge in [0.25, 0.3) is 5.91 Å². The molecule has 3 rings (SSSR count). The minimum atomic E-state index is -0.659. The molecule has 1 heterocycles. The molecule has 32 heavy (non-hydrogen) atoms. The van der Waals surface area contributed by atoms with E-state index in [0.29, 0.717) is 41.0 Å². The fraction of sp³-hybridized carbons (Fsp3) is 0.304. The number of halogens is 1. The second-order valence-electron chi connectivity index (χ2n) is 6.87. The Morgan fingerprint density at radius 2 is 1.84 bits per heavy atom. The van der Waals surface area contributed by atoms with Crippen molar-refractivity contribution >= 4 is 40.9 Å². The van der Waals surface area contributed by atoms with Gasteiger partial charge in [0.1, 0.15) is 0 Å². The van der Waals surface area contributed by atoms with Gasteiger partial charge in [-0.2, -0.15) is 0 Å². The number of morpholine rings is 1. The fourth-order valence-electron chi connectivity index (χ4n) is 3.16. The van der Waals surface area contributed by atoms with Crippen LogP contribution in [0.25, 0.3) is 6.08 Å². The molecular weight excluding hydrogens is 436 g/mol. The Bertz CT molecular complexity index is 971. The summed E-state index contributed by atoms with van der Waals surface area (Å²) in [7, 11) is 2.98. The van der Waals surface area contributed by atoms with E-state index in [1.165, 1.54) is 26.4 Å². The van der Waals surface area contributed by atoms with Crippen molar-refractivity contribution in [1.82, 2.24) is 0 Å². The maximum Gasteiger partial charge on any atom is 0.331 e. The molecule has 1 fully saturated rings. The zero-order valence-electron chi connectivity index (χ0n) is 17.9. The summed E-state index contributed by atoms with van der Waals surface area (Å²) in [6.45, 7) is 2.69. The molecule has 0 unspecified atom stereocenters. The molecule has 170 valence electrons. The topological polar surface area (TPSA) is 86.3 Å². The second kappa shape index (κ2) is 11.4. The van der Waals surface area contributed by atoms with Gasteiger partial charge in [0, 0.05) is 30.5 Å². The van der Waals surface area contributed by atoms with E-state index in [2.05, 4.69) is 10.2 Å². The molecule has 1 aliphatic heterocycles. The van der Waals surface area contributed by atoms with E-state index in [1.807, 2.05) is 24.3 Å². The number of carbonyl (C=O) groups is 2. The maximum atomic E-state index is 12.1. The SMILES string of the molecule is COc1cc(/C=C/C(=O)OCC(=O)Nc2ccc(N3CCOCC3)cc2)cc(Cl)c1OC. The first-order valence-corrected chi connectivity index (χ1v) is 10.4. The molecule has 0 saturated carbocycles. The monoisotopic (exact) mass is 460 g/mol. The van der Waals surface area contributed by atoms with Crippen molar-refractivity contribution in [2.24, 2.45) is 0 Å². The molecule has 0 radical (unpaired) electrons. The van der Waals surface area contributed by atoms with E-state index in [0.717, 1.165) is 18.8 Å². The lowest BCUT2D eigenvalue weighted by molar-refractivity contribution is -0.142. The number of rotatable bonds is 8. The number of anilines is 2. The zero-order chi connectivity index (χ0) is 22.9. The average molecular weight is 461 g/mol. The number of nitrogens with one attached hydrogen (secondary N) is 1. The van der Waals surface area contributed by atoms with E-state index in [9.17, 15) is 9.59 Å². The molecule has 2 aromatic rings. The average Bonchev–Trinajstić information content (AvgIpc) is 2.82. The Labute approximate surface area is 191 Å². The molecule has 1 amide bonds. The van der Waals surface area contributed by atoms with Gasteiger partial charge in [-0.25, -0.2) is 4.79 Å². The molecule has 0 bridgehead atoms. The van der Waals surface area contributed by atoms with Gasteiger partial charge in [-0.15, -0.1) is 0 Å². The molecule has 1 aliphatic rings. The van der Waals surface area contributed by atoms with Crippen molar-refractivity contribution in [3.63, 3.8) is 0 Å². The van der Waals surface area contributed by atoms with Gasteiger partial charge in [-0.1, -0.05) is 11.6 Å². The molecule has 1 saturated heterocycles. The van der Waals surface area contributed by atoms with Crippen LogP contribution < -0.4 is 19.7 Å². The summed E-state index contributed by atoms with van der Waals surface area (Å²) in [5, 5.41) is 3.05. The van der Waals surface area contributed by atoms with Crippen molar-refractivity contribution in [2.75, 3.05) is 57.3 Å². The molecule has 8 nitrogen and oxygen atoms in total. The van der Waals surface area contributed by atoms with Crippen LogP contribution in [0.2, 0.25) is 5.02 Å². The summed E-state index contributed by atoms with van der Waals surface area (Å²) in [5.41, 5.74) is 2.31. The first kappa shape index (κ1) is 23.4. The Hall–Kier alpha value is -3.23. The van der Waals surface area contributed by atoms with Gasteiger partial charge in [0.15, 0.2) is 18.1 Å².